The average Bonchev–Trinajstić information content (AvgIpc) is 2.93. The Kier molecular flexibility index (Phi) is 4.29. The third-order valence-electron chi connectivity index (χ3n) is 5.39. The monoisotopic (exact) mass is 368 g/mol. The van der Waals surface area contributed by atoms with Gasteiger partial charge in [0.25, 0.3) is 0 Å². The summed E-state index contributed by atoms with van der Waals surface area (Å²) < 4.78 is 41.1. The number of likely N-dealkylation sites (N-methyl/N-ethyl adjacent to an activating group) is 1. The number of piperazine rings is 1. The summed E-state index contributed by atoms with van der Waals surface area (Å²) in [4.78, 5) is 4.44. The van der Waals surface area contributed by atoms with Crippen molar-refractivity contribution in [2.75, 3.05) is 52.0 Å². The first kappa shape index (κ1) is 16.9. The number of hydrogen-bond acceptors (Lipinski definition) is 7. The van der Waals surface area contributed by atoms with Gasteiger partial charge in [0.05, 0.1) is 18.6 Å². The van der Waals surface area contributed by atoms with Crippen molar-refractivity contribution in [3.63, 3.8) is 0 Å². The minimum atomic E-state index is -2.98. The first-order valence-electron chi connectivity index (χ1n) is 8.58. The predicted molar refractivity (Wildman–Crippen MR) is 93.3 cm³/mol. The first-order chi connectivity index (χ1) is 12.0. The molecule has 0 unspecified atom stereocenters. The van der Waals surface area contributed by atoms with Crippen molar-refractivity contribution in [1.29, 1.82) is 0 Å². The Bertz CT molecular complexity index is 767. The highest BCUT2D eigenvalue weighted by atomic mass is 32.2. The maximum absolute atomic E-state index is 12.1. The second-order valence-corrected chi connectivity index (χ2v) is 9.12. The molecule has 0 bridgehead atoms. The molecule has 0 aromatic heterocycles. The molecule has 7 nitrogen and oxygen atoms in total. The number of benzene rings is 1. The molecule has 138 valence electrons. The van der Waals surface area contributed by atoms with E-state index >= 15 is 0 Å². The Morgan fingerprint density at radius 3 is 2.52 bits per heavy atom. The molecule has 3 heterocycles. The normalized spacial score (nSPS) is 28.6. The second-order valence-electron chi connectivity index (χ2n) is 6.97. The highest BCUT2D eigenvalue weighted by Crippen LogP contribution is 2.38. The van der Waals surface area contributed by atoms with Crippen LogP contribution in [0.3, 0.4) is 0 Å². The molecule has 0 amide bonds. The van der Waals surface area contributed by atoms with E-state index in [9.17, 15) is 8.42 Å². The van der Waals surface area contributed by atoms with Crippen LogP contribution in [0.25, 0.3) is 0 Å². The molecule has 0 saturated carbocycles. The van der Waals surface area contributed by atoms with Crippen LogP contribution in [-0.4, -0.2) is 82.3 Å². The van der Waals surface area contributed by atoms with E-state index in [0.717, 1.165) is 30.2 Å². The Morgan fingerprint density at radius 1 is 1.12 bits per heavy atom. The predicted octanol–water partition coefficient (Wildman–Crippen LogP) is 0.379. The maximum Gasteiger partial charge on any atom is 0.165 e. The number of sulfone groups is 1. The van der Waals surface area contributed by atoms with Gasteiger partial charge in [-0.1, -0.05) is 0 Å². The van der Waals surface area contributed by atoms with Crippen LogP contribution in [0.1, 0.15) is 5.56 Å². The summed E-state index contributed by atoms with van der Waals surface area (Å²) in [6.07, 6.45) is 0. The summed E-state index contributed by atoms with van der Waals surface area (Å²) in [7, 11) is 0.679. The zero-order chi connectivity index (χ0) is 17.6. The Labute approximate surface area is 148 Å². The summed E-state index contributed by atoms with van der Waals surface area (Å²) in [6, 6.07) is 3.93. The lowest BCUT2D eigenvalue weighted by atomic mass is 10.0. The second kappa shape index (κ2) is 6.34. The van der Waals surface area contributed by atoms with Gasteiger partial charge in [0, 0.05) is 43.3 Å². The molecule has 0 spiro atoms. The number of fused-ring (bicyclic) bond motifs is 2. The van der Waals surface area contributed by atoms with Gasteiger partial charge in [-0.15, -0.1) is 0 Å². The standard InChI is InChI=1S/C17H24N2O5S/c1-18-3-4-19(14-11-25(20,21)10-13(14)18)9-12-7-16-17(8-15(12)22-2)24-6-5-23-16/h7-8,13-14H,3-6,9-11H2,1-2H3/t13-,14+/m1/s1. The Balaban J connectivity index is 1.61. The van der Waals surface area contributed by atoms with Crippen molar-refractivity contribution in [1.82, 2.24) is 9.80 Å². The molecule has 2 fully saturated rings. The Morgan fingerprint density at radius 2 is 1.80 bits per heavy atom. The molecule has 3 aliphatic heterocycles. The van der Waals surface area contributed by atoms with E-state index < -0.39 is 9.84 Å². The number of rotatable bonds is 3. The van der Waals surface area contributed by atoms with Crippen molar-refractivity contribution in [3.8, 4) is 17.2 Å². The molecule has 8 heteroatoms. The van der Waals surface area contributed by atoms with Crippen LogP contribution < -0.4 is 14.2 Å². The van der Waals surface area contributed by atoms with Crippen molar-refractivity contribution in [3.05, 3.63) is 17.7 Å². The van der Waals surface area contributed by atoms with Gasteiger partial charge < -0.3 is 14.2 Å². The van der Waals surface area contributed by atoms with Crippen LogP contribution in [0, 0.1) is 0 Å². The van der Waals surface area contributed by atoms with Crippen molar-refractivity contribution < 1.29 is 22.6 Å². The van der Waals surface area contributed by atoms with Gasteiger partial charge in [0.2, 0.25) is 0 Å². The van der Waals surface area contributed by atoms with Gasteiger partial charge in [0.15, 0.2) is 21.3 Å². The van der Waals surface area contributed by atoms with Crippen LogP contribution in [0.15, 0.2) is 12.1 Å². The highest BCUT2D eigenvalue weighted by Gasteiger charge is 2.45. The zero-order valence-corrected chi connectivity index (χ0v) is 15.4. The van der Waals surface area contributed by atoms with Crippen LogP contribution in [0.4, 0.5) is 0 Å². The van der Waals surface area contributed by atoms with Crippen molar-refractivity contribution in [2.24, 2.45) is 0 Å². The summed E-state index contributed by atoms with van der Waals surface area (Å²) in [6.45, 7) is 3.42. The van der Waals surface area contributed by atoms with Gasteiger partial charge in [-0.3, -0.25) is 9.80 Å². The van der Waals surface area contributed by atoms with E-state index in [-0.39, 0.29) is 23.6 Å². The zero-order valence-electron chi connectivity index (χ0n) is 14.6. The van der Waals surface area contributed by atoms with Crippen LogP contribution in [0.2, 0.25) is 0 Å². The molecule has 0 radical (unpaired) electrons. The molecule has 2 atom stereocenters. The van der Waals surface area contributed by atoms with Gasteiger partial charge in [-0.2, -0.15) is 0 Å². The number of ether oxygens (including phenoxy) is 3. The summed E-state index contributed by atoms with van der Waals surface area (Å²) in [5.41, 5.74) is 0.999. The third-order valence-corrected chi connectivity index (χ3v) is 7.09. The topological polar surface area (TPSA) is 68.3 Å². The minimum absolute atomic E-state index is 0.0293. The molecule has 4 rings (SSSR count). The fourth-order valence-corrected chi connectivity index (χ4v) is 6.13. The molecule has 3 aliphatic rings. The van der Waals surface area contributed by atoms with E-state index in [4.69, 9.17) is 14.2 Å². The average molecular weight is 368 g/mol. The van der Waals surface area contributed by atoms with Crippen LogP contribution in [0.5, 0.6) is 17.2 Å². The van der Waals surface area contributed by atoms with E-state index in [2.05, 4.69) is 9.80 Å². The molecular formula is C17H24N2O5S. The smallest absolute Gasteiger partial charge is 0.165 e. The van der Waals surface area contributed by atoms with E-state index in [0.29, 0.717) is 25.5 Å². The third kappa shape index (κ3) is 3.18. The minimum Gasteiger partial charge on any atom is -0.496 e. The number of methoxy groups -OCH3 is 1. The number of hydrogen-bond donors (Lipinski definition) is 0. The maximum atomic E-state index is 12.1. The fraction of sp³-hybridized carbons (Fsp3) is 0.647. The van der Waals surface area contributed by atoms with E-state index in [1.807, 2.05) is 19.2 Å². The van der Waals surface area contributed by atoms with E-state index in [1.165, 1.54) is 0 Å². The summed E-state index contributed by atoms with van der Waals surface area (Å²) >= 11 is 0. The molecule has 2 saturated heterocycles. The van der Waals surface area contributed by atoms with E-state index in [1.54, 1.807) is 7.11 Å². The Hall–Kier alpha value is -1.51. The molecule has 0 aliphatic carbocycles. The fourth-order valence-electron chi connectivity index (χ4n) is 4.04. The molecule has 25 heavy (non-hydrogen) atoms. The van der Waals surface area contributed by atoms with Crippen LogP contribution in [-0.2, 0) is 16.4 Å². The van der Waals surface area contributed by atoms with Crippen molar-refractivity contribution >= 4 is 9.84 Å². The highest BCUT2D eigenvalue weighted by molar-refractivity contribution is 7.91. The lowest BCUT2D eigenvalue weighted by Gasteiger charge is -2.42. The van der Waals surface area contributed by atoms with Gasteiger partial charge in [0.1, 0.15) is 19.0 Å². The van der Waals surface area contributed by atoms with Crippen LogP contribution >= 0.6 is 0 Å². The lowest BCUT2D eigenvalue weighted by molar-refractivity contribution is 0.0566. The largest absolute Gasteiger partial charge is 0.496 e. The molecular weight excluding hydrogens is 344 g/mol. The SMILES string of the molecule is COc1cc2c(cc1CN1CCN(C)[C@@H]3CS(=O)(=O)C[C@@H]31)OCCO2. The molecule has 1 aromatic rings. The van der Waals surface area contributed by atoms with Gasteiger partial charge in [-0.05, 0) is 13.1 Å². The lowest BCUT2D eigenvalue weighted by Crippen LogP contribution is -2.57. The summed E-state index contributed by atoms with van der Waals surface area (Å²) in [5, 5.41) is 0. The van der Waals surface area contributed by atoms with Gasteiger partial charge >= 0.3 is 0 Å². The van der Waals surface area contributed by atoms with Crippen molar-refractivity contribution in [2.45, 2.75) is 18.6 Å². The van der Waals surface area contributed by atoms with Gasteiger partial charge in [-0.25, -0.2) is 8.42 Å². The molecule has 0 N–H and O–H groups in total. The summed E-state index contributed by atoms with van der Waals surface area (Å²) in [5.74, 6) is 2.66. The quantitative estimate of drug-likeness (QED) is 0.764. The molecule has 1 aromatic carbocycles. The first-order valence-corrected chi connectivity index (χ1v) is 10.4. The number of nitrogens with zero attached hydrogens (tertiary/aromatic N) is 2.